The Kier molecular flexibility index (Phi) is 3.55. The van der Waals surface area contributed by atoms with Gasteiger partial charge in [-0.05, 0) is 0 Å². The number of hydrogen-bond donors (Lipinski definition) is 2. The van der Waals surface area contributed by atoms with Gasteiger partial charge in [0.25, 0.3) is 0 Å². The van der Waals surface area contributed by atoms with Crippen LogP contribution in [0.25, 0.3) is 0 Å². The van der Waals surface area contributed by atoms with Crippen molar-refractivity contribution in [1.29, 1.82) is 0 Å². The van der Waals surface area contributed by atoms with Crippen LogP contribution in [0.3, 0.4) is 0 Å². The van der Waals surface area contributed by atoms with Crippen molar-refractivity contribution in [3.05, 3.63) is 18.5 Å². The van der Waals surface area contributed by atoms with E-state index in [0.717, 1.165) is 6.08 Å². The lowest BCUT2D eigenvalue weighted by molar-refractivity contribution is -0.137. The van der Waals surface area contributed by atoms with Crippen LogP contribution in [0.5, 0.6) is 0 Å². The van der Waals surface area contributed by atoms with Crippen molar-refractivity contribution in [1.82, 2.24) is 15.0 Å². The number of carbonyl (C=O) groups excluding carboxylic acids is 1. The molecule has 0 atom stereocenters. The molecule has 0 aliphatic rings. The number of nitrogens with two attached hydrogens (primary N) is 2. The number of nitrogens with zero attached hydrogens (tertiary/aromatic N) is 3. The summed E-state index contributed by atoms with van der Waals surface area (Å²) in [5, 5.41) is 0. The highest BCUT2D eigenvalue weighted by Crippen LogP contribution is 1.99. The highest BCUT2D eigenvalue weighted by Gasteiger charge is 2.03. The van der Waals surface area contributed by atoms with Gasteiger partial charge in [-0.25, -0.2) is 4.79 Å². The lowest BCUT2D eigenvalue weighted by Gasteiger charge is -2.02. The average Bonchev–Trinajstić information content (AvgIpc) is 2.16. The van der Waals surface area contributed by atoms with Crippen molar-refractivity contribution >= 4 is 17.9 Å². The van der Waals surface area contributed by atoms with Gasteiger partial charge in [-0.15, -0.1) is 0 Å². The third-order valence-corrected chi connectivity index (χ3v) is 1.45. The largest absolute Gasteiger partial charge is 0.462 e. The highest BCUT2D eigenvalue weighted by molar-refractivity contribution is 5.81. The standard InChI is InChI=1S/C8H11N5O2/c1-2-6(14)15-4-3-5-11-7(9)13-8(10)12-5/h2H,1,3-4H2,(H4,9,10,11,12,13). The van der Waals surface area contributed by atoms with Crippen LogP contribution in [0, 0.1) is 0 Å². The molecule has 4 N–H and O–H groups in total. The van der Waals surface area contributed by atoms with Gasteiger partial charge in [0.2, 0.25) is 11.9 Å². The van der Waals surface area contributed by atoms with Crippen molar-refractivity contribution in [2.75, 3.05) is 18.1 Å². The van der Waals surface area contributed by atoms with E-state index in [1.165, 1.54) is 0 Å². The predicted molar refractivity (Wildman–Crippen MR) is 53.5 cm³/mol. The number of rotatable bonds is 4. The van der Waals surface area contributed by atoms with Gasteiger partial charge < -0.3 is 16.2 Å². The number of nitrogen functional groups attached to an aromatic ring is 2. The molecule has 0 bridgehead atoms. The van der Waals surface area contributed by atoms with E-state index < -0.39 is 5.97 Å². The summed E-state index contributed by atoms with van der Waals surface area (Å²) in [4.78, 5) is 21.9. The second-order valence-corrected chi connectivity index (χ2v) is 2.59. The molecule has 80 valence electrons. The first kappa shape index (κ1) is 10.9. The van der Waals surface area contributed by atoms with Gasteiger partial charge in [-0.1, -0.05) is 6.58 Å². The molecule has 1 rings (SSSR count). The molecule has 0 fully saturated rings. The molecule has 0 spiro atoms. The number of ether oxygens (including phenoxy) is 1. The summed E-state index contributed by atoms with van der Waals surface area (Å²) in [5.41, 5.74) is 10.7. The fourth-order valence-corrected chi connectivity index (χ4v) is 0.870. The number of aromatic nitrogens is 3. The predicted octanol–water partition coefficient (Wildman–Crippen LogP) is -0.692. The number of hydrogen-bond acceptors (Lipinski definition) is 7. The maximum atomic E-state index is 10.7. The summed E-state index contributed by atoms with van der Waals surface area (Å²) in [5.74, 6) is -0.0121. The highest BCUT2D eigenvalue weighted by atomic mass is 16.5. The van der Waals surface area contributed by atoms with Gasteiger partial charge in [0, 0.05) is 12.5 Å². The van der Waals surface area contributed by atoms with Crippen molar-refractivity contribution in [2.24, 2.45) is 0 Å². The smallest absolute Gasteiger partial charge is 0.330 e. The van der Waals surface area contributed by atoms with Gasteiger partial charge >= 0.3 is 5.97 Å². The number of esters is 1. The molecule has 0 amide bonds. The molecular weight excluding hydrogens is 198 g/mol. The molecule has 0 unspecified atom stereocenters. The molecule has 15 heavy (non-hydrogen) atoms. The van der Waals surface area contributed by atoms with Gasteiger partial charge in [-0.2, -0.15) is 15.0 Å². The molecule has 0 radical (unpaired) electrons. The summed E-state index contributed by atoms with van der Waals surface area (Å²) < 4.78 is 4.74. The van der Waals surface area contributed by atoms with Crippen LogP contribution in [-0.2, 0) is 16.0 Å². The van der Waals surface area contributed by atoms with Crippen LogP contribution in [0.2, 0.25) is 0 Å². The van der Waals surface area contributed by atoms with Crippen molar-refractivity contribution in [3.63, 3.8) is 0 Å². The molecular formula is C8H11N5O2. The summed E-state index contributed by atoms with van der Waals surface area (Å²) in [6.07, 6.45) is 1.41. The normalized spacial score (nSPS) is 9.60. The molecule has 0 saturated carbocycles. The quantitative estimate of drug-likeness (QED) is 0.497. The van der Waals surface area contributed by atoms with E-state index in [-0.39, 0.29) is 18.5 Å². The number of anilines is 2. The van der Waals surface area contributed by atoms with Crippen LogP contribution in [0.1, 0.15) is 5.82 Å². The zero-order valence-electron chi connectivity index (χ0n) is 8.01. The van der Waals surface area contributed by atoms with E-state index in [1.54, 1.807) is 0 Å². The fourth-order valence-electron chi connectivity index (χ4n) is 0.870. The summed E-state index contributed by atoms with van der Waals surface area (Å²) in [6.45, 7) is 3.41. The Bertz CT molecular complexity index is 359. The Hall–Kier alpha value is -2.18. The van der Waals surface area contributed by atoms with Crippen molar-refractivity contribution < 1.29 is 9.53 Å². The fraction of sp³-hybridized carbons (Fsp3) is 0.250. The topological polar surface area (TPSA) is 117 Å². The van der Waals surface area contributed by atoms with Gasteiger partial charge in [-0.3, -0.25) is 0 Å². The monoisotopic (exact) mass is 209 g/mol. The van der Waals surface area contributed by atoms with Crippen LogP contribution >= 0.6 is 0 Å². The third kappa shape index (κ3) is 3.59. The molecule has 0 aromatic carbocycles. The van der Waals surface area contributed by atoms with Gasteiger partial charge in [0.15, 0.2) is 0 Å². The maximum absolute atomic E-state index is 10.7. The van der Waals surface area contributed by atoms with Crippen molar-refractivity contribution in [3.8, 4) is 0 Å². The van der Waals surface area contributed by atoms with Gasteiger partial charge in [0.1, 0.15) is 5.82 Å². The lowest BCUT2D eigenvalue weighted by atomic mass is 10.4. The summed E-state index contributed by atoms with van der Waals surface area (Å²) >= 11 is 0. The van der Waals surface area contributed by atoms with E-state index in [2.05, 4.69) is 21.5 Å². The zero-order valence-corrected chi connectivity index (χ0v) is 8.01. The van der Waals surface area contributed by atoms with E-state index in [0.29, 0.717) is 12.2 Å². The molecule has 0 aliphatic heterocycles. The van der Waals surface area contributed by atoms with Crippen LogP contribution in [0.4, 0.5) is 11.9 Å². The van der Waals surface area contributed by atoms with E-state index in [1.807, 2.05) is 0 Å². The Balaban J connectivity index is 2.50. The minimum Gasteiger partial charge on any atom is -0.462 e. The van der Waals surface area contributed by atoms with E-state index >= 15 is 0 Å². The average molecular weight is 209 g/mol. The summed E-state index contributed by atoms with van der Waals surface area (Å²) in [6, 6.07) is 0. The Morgan fingerprint density at radius 1 is 1.33 bits per heavy atom. The Morgan fingerprint density at radius 2 is 1.93 bits per heavy atom. The summed E-state index contributed by atoms with van der Waals surface area (Å²) in [7, 11) is 0. The molecule has 0 saturated heterocycles. The van der Waals surface area contributed by atoms with E-state index in [4.69, 9.17) is 16.2 Å². The number of carbonyl (C=O) groups is 1. The van der Waals surface area contributed by atoms with Crippen molar-refractivity contribution in [2.45, 2.75) is 6.42 Å². The van der Waals surface area contributed by atoms with Crippen LogP contribution in [-0.4, -0.2) is 27.5 Å². The molecule has 0 aliphatic carbocycles. The molecule has 1 aromatic rings. The lowest BCUT2D eigenvalue weighted by Crippen LogP contribution is -2.10. The van der Waals surface area contributed by atoms with Gasteiger partial charge in [0.05, 0.1) is 6.61 Å². The van der Waals surface area contributed by atoms with E-state index in [9.17, 15) is 4.79 Å². The molecule has 1 heterocycles. The first-order valence-corrected chi connectivity index (χ1v) is 4.17. The maximum Gasteiger partial charge on any atom is 0.330 e. The molecule has 1 aromatic heterocycles. The second-order valence-electron chi connectivity index (χ2n) is 2.59. The minimum absolute atomic E-state index is 0.0487. The Labute approximate surface area is 86.2 Å². The second kappa shape index (κ2) is 4.89. The minimum atomic E-state index is -0.495. The zero-order chi connectivity index (χ0) is 11.3. The first-order chi connectivity index (χ1) is 7.11. The van der Waals surface area contributed by atoms with Crippen LogP contribution in [0.15, 0.2) is 12.7 Å². The molecule has 7 nitrogen and oxygen atoms in total. The SMILES string of the molecule is C=CC(=O)OCCc1nc(N)nc(N)n1. The van der Waals surface area contributed by atoms with Crippen LogP contribution < -0.4 is 11.5 Å². The Morgan fingerprint density at radius 3 is 2.47 bits per heavy atom. The molecule has 7 heteroatoms. The first-order valence-electron chi connectivity index (χ1n) is 4.17. The third-order valence-electron chi connectivity index (χ3n) is 1.45.